The summed E-state index contributed by atoms with van der Waals surface area (Å²) in [6.07, 6.45) is 0. The first-order valence-electron chi connectivity index (χ1n) is 6.44. The maximum Gasteiger partial charge on any atom is 0.299 e. The maximum absolute atomic E-state index is 12.4. The molecule has 1 aliphatic heterocycles. The molecule has 0 spiro atoms. The summed E-state index contributed by atoms with van der Waals surface area (Å²) in [5.41, 5.74) is 2.34. The quantitative estimate of drug-likeness (QED) is 0.830. The van der Waals surface area contributed by atoms with E-state index in [1.54, 1.807) is 31.2 Å². The Morgan fingerprint density at radius 3 is 2.38 bits per heavy atom. The zero-order chi connectivity index (χ0) is 14.8. The molecule has 2 aromatic rings. The summed E-state index contributed by atoms with van der Waals surface area (Å²) in [4.78, 5) is 16.8. The molecular formula is C16H12ClN3O. The molecule has 2 aromatic carbocycles. The average Bonchev–Trinajstić information content (AvgIpc) is 2.78. The van der Waals surface area contributed by atoms with E-state index in [2.05, 4.69) is 10.1 Å². The van der Waals surface area contributed by atoms with Crippen molar-refractivity contribution in [1.82, 2.24) is 0 Å². The van der Waals surface area contributed by atoms with Crippen LogP contribution in [0.3, 0.4) is 0 Å². The number of hydrazone groups is 1. The summed E-state index contributed by atoms with van der Waals surface area (Å²) < 4.78 is 0. The number of para-hydroxylation sites is 1. The van der Waals surface area contributed by atoms with E-state index in [-0.39, 0.29) is 5.91 Å². The van der Waals surface area contributed by atoms with Crippen LogP contribution in [-0.4, -0.2) is 17.3 Å². The van der Waals surface area contributed by atoms with E-state index in [9.17, 15) is 4.79 Å². The molecule has 0 unspecified atom stereocenters. The number of rotatable bonds is 2. The molecule has 4 nitrogen and oxygen atoms in total. The highest BCUT2D eigenvalue weighted by Crippen LogP contribution is 2.22. The second kappa shape index (κ2) is 5.50. The van der Waals surface area contributed by atoms with Crippen LogP contribution in [0.25, 0.3) is 0 Å². The summed E-state index contributed by atoms with van der Waals surface area (Å²) in [7, 11) is 0. The van der Waals surface area contributed by atoms with E-state index >= 15 is 0 Å². The first-order chi connectivity index (χ1) is 10.1. The summed E-state index contributed by atoms with van der Waals surface area (Å²) in [5.74, 6) is -0.228. The zero-order valence-corrected chi connectivity index (χ0v) is 12.1. The highest BCUT2D eigenvalue weighted by Gasteiger charge is 2.30. The van der Waals surface area contributed by atoms with Gasteiger partial charge in [0.25, 0.3) is 5.91 Å². The minimum absolute atomic E-state index is 0.228. The second-order valence-electron chi connectivity index (χ2n) is 4.57. The molecule has 0 atom stereocenters. The Bertz CT molecular complexity index is 736. The van der Waals surface area contributed by atoms with Gasteiger partial charge in [-0.3, -0.25) is 4.79 Å². The Labute approximate surface area is 127 Å². The lowest BCUT2D eigenvalue weighted by molar-refractivity contribution is -0.112. The Morgan fingerprint density at radius 2 is 1.71 bits per heavy atom. The van der Waals surface area contributed by atoms with Crippen molar-refractivity contribution < 1.29 is 4.79 Å². The number of carbonyl (C=O) groups excluding carboxylic acids is 1. The van der Waals surface area contributed by atoms with Gasteiger partial charge < -0.3 is 0 Å². The number of amides is 1. The van der Waals surface area contributed by atoms with Crippen LogP contribution in [0.2, 0.25) is 5.02 Å². The van der Waals surface area contributed by atoms with Crippen molar-refractivity contribution in [2.24, 2.45) is 10.1 Å². The van der Waals surface area contributed by atoms with Crippen LogP contribution in [0, 0.1) is 0 Å². The largest absolute Gasteiger partial charge is 0.299 e. The van der Waals surface area contributed by atoms with Crippen LogP contribution in [0.15, 0.2) is 64.7 Å². The van der Waals surface area contributed by atoms with Crippen molar-refractivity contribution >= 4 is 40.3 Å². The first-order valence-corrected chi connectivity index (χ1v) is 6.82. The summed E-state index contributed by atoms with van der Waals surface area (Å²) >= 11 is 5.84. The van der Waals surface area contributed by atoms with Gasteiger partial charge in [0.2, 0.25) is 0 Å². The first kappa shape index (κ1) is 13.5. The molecule has 0 bridgehead atoms. The number of aliphatic imine (C=N–C) groups is 1. The molecule has 0 aromatic heterocycles. The Balaban J connectivity index is 1.94. The number of halogens is 1. The molecule has 1 aliphatic rings. The fraction of sp³-hybridized carbons (Fsp3) is 0.0625. The third-order valence-corrected chi connectivity index (χ3v) is 3.31. The Morgan fingerprint density at radius 1 is 1.05 bits per heavy atom. The third kappa shape index (κ3) is 2.71. The molecule has 5 heteroatoms. The van der Waals surface area contributed by atoms with Gasteiger partial charge in [-0.05, 0) is 43.3 Å². The smallest absolute Gasteiger partial charge is 0.265 e. The predicted octanol–water partition coefficient (Wildman–Crippen LogP) is 3.84. The van der Waals surface area contributed by atoms with E-state index in [0.717, 1.165) is 5.69 Å². The highest BCUT2D eigenvalue weighted by molar-refractivity contribution is 6.71. The second-order valence-corrected chi connectivity index (χ2v) is 5.01. The van der Waals surface area contributed by atoms with Gasteiger partial charge in [-0.2, -0.15) is 10.1 Å². The monoisotopic (exact) mass is 297 g/mol. The van der Waals surface area contributed by atoms with Gasteiger partial charge in [0.1, 0.15) is 0 Å². The lowest BCUT2D eigenvalue weighted by Crippen LogP contribution is -2.26. The average molecular weight is 298 g/mol. The number of anilines is 1. The fourth-order valence-electron chi connectivity index (χ4n) is 2.02. The van der Waals surface area contributed by atoms with Gasteiger partial charge in [-0.15, -0.1) is 0 Å². The molecule has 3 rings (SSSR count). The van der Waals surface area contributed by atoms with Crippen LogP contribution >= 0.6 is 11.6 Å². The number of benzene rings is 2. The lowest BCUT2D eigenvalue weighted by atomic mass is 10.2. The van der Waals surface area contributed by atoms with Gasteiger partial charge in [-0.25, -0.2) is 4.99 Å². The normalized spacial score (nSPS) is 16.5. The predicted molar refractivity (Wildman–Crippen MR) is 85.6 cm³/mol. The molecule has 0 fully saturated rings. The topological polar surface area (TPSA) is 45.0 Å². The van der Waals surface area contributed by atoms with E-state index in [4.69, 9.17) is 11.6 Å². The van der Waals surface area contributed by atoms with Gasteiger partial charge in [0.05, 0.1) is 17.1 Å². The van der Waals surface area contributed by atoms with Crippen molar-refractivity contribution in [3.63, 3.8) is 0 Å². The Hall–Kier alpha value is -2.46. The van der Waals surface area contributed by atoms with Crippen LogP contribution in [0.5, 0.6) is 0 Å². The van der Waals surface area contributed by atoms with Gasteiger partial charge in [0, 0.05) is 5.02 Å². The zero-order valence-electron chi connectivity index (χ0n) is 11.3. The molecule has 104 valence electrons. The van der Waals surface area contributed by atoms with Crippen molar-refractivity contribution in [3.8, 4) is 0 Å². The van der Waals surface area contributed by atoms with E-state index in [1.165, 1.54) is 5.01 Å². The number of carbonyl (C=O) groups is 1. The van der Waals surface area contributed by atoms with Gasteiger partial charge >= 0.3 is 0 Å². The van der Waals surface area contributed by atoms with Gasteiger partial charge in [0.15, 0.2) is 5.71 Å². The molecule has 21 heavy (non-hydrogen) atoms. The number of nitrogens with zero attached hydrogens (tertiary/aromatic N) is 3. The maximum atomic E-state index is 12.4. The summed E-state index contributed by atoms with van der Waals surface area (Å²) in [6, 6.07) is 16.3. The molecular weight excluding hydrogens is 286 g/mol. The minimum atomic E-state index is -0.228. The van der Waals surface area contributed by atoms with Crippen LogP contribution < -0.4 is 5.01 Å². The molecule has 0 saturated heterocycles. The molecule has 1 amide bonds. The van der Waals surface area contributed by atoms with Crippen LogP contribution in [0.1, 0.15) is 6.92 Å². The van der Waals surface area contributed by atoms with Crippen molar-refractivity contribution in [2.75, 3.05) is 5.01 Å². The van der Waals surface area contributed by atoms with Crippen molar-refractivity contribution in [2.45, 2.75) is 6.92 Å². The van der Waals surface area contributed by atoms with Crippen LogP contribution in [-0.2, 0) is 4.79 Å². The summed E-state index contributed by atoms with van der Waals surface area (Å²) in [6.45, 7) is 1.77. The summed E-state index contributed by atoms with van der Waals surface area (Å²) in [5, 5.41) is 6.28. The van der Waals surface area contributed by atoms with Crippen molar-refractivity contribution in [3.05, 3.63) is 59.6 Å². The molecule has 1 heterocycles. The highest BCUT2D eigenvalue weighted by atomic mass is 35.5. The van der Waals surface area contributed by atoms with Gasteiger partial charge in [-0.1, -0.05) is 29.8 Å². The minimum Gasteiger partial charge on any atom is -0.265 e. The molecule has 0 radical (unpaired) electrons. The van der Waals surface area contributed by atoms with E-state index in [1.807, 2.05) is 30.3 Å². The molecule has 0 aliphatic carbocycles. The third-order valence-electron chi connectivity index (χ3n) is 3.06. The molecule has 0 saturated carbocycles. The van der Waals surface area contributed by atoms with Crippen molar-refractivity contribution in [1.29, 1.82) is 0 Å². The van der Waals surface area contributed by atoms with Crippen LogP contribution in [0.4, 0.5) is 11.4 Å². The SMILES string of the molecule is CC1=NN(c2ccccc2)C(=O)C1=Nc1ccc(Cl)cc1. The van der Waals surface area contributed by atoms with E-state index < -0.39 is 0 Å². The standard InChI is InChI=1S/C16H12ClN3O/c1-11-15(18-13-9-7-12(17)8-10-13)16(21)20(19-11)14-5-3-2-4-6-14/h2-10H,1H3. The Kier molecular flexibility index (Phi) is 3.54. The van der Waals surface area contributed by atoms with E-state index in [0.29, 0.717) is 22.1 Å². The number of hydrogen-bond acceptors (Lipinski definition) is 3. The fourth-order valence-corrected chi connectivity index (χ4v) is 2.14. The lowest BCUT2D eigenvalue weighted by Gasteiger charge is -2.10. The number of hydrogen-bond donors (Lipinski definition) is 0. The molecule has 0 N–H and O–H groups in total.